The first kappa shape index (κ1) is 12.9. The Morgan fingerprint density at radius 2 is 2.00 bits per heavy atom. The summed E-state index contributed by atoms with van der Waals surface area (Å²) in [6.07, 6.45) is -4.62. The van der Waals surface area contributed by atoms with Gasteiger partial charge in [0, 0.05) is 18.4 Å². The van der Waals surface area contributed by atoms with Crippen LogP contribution < -0.4 is 5.32 Å². The van der Waals surface area contributed by atoms with E-state index in [1.165, 1.54) is 18.2 Å². The van der Waals surface area contributed by atoms with Crippen LogP contribution in [0.1, 0.15) is 17.5 Å². The first-order valence-corrected chi connectivity index (χ1v) is 5.43. The number of aliphatic hydroxyl groups is 1. The summed E-state index contributed by atoms with van der Waals surface area (Å²) in [6.45, 7) is -0.478. The number of nitrogens with one attached hydrogen (secondary N) is 1. The standard InChI is InChI=1S/C12H12F3NO2/c13-12(14,15)9-4-2-1-3-8(9)11(7-17)5-10(18)16-6-11/h1-4,17H,5-7H2,(H,16,18). The molecule has 1 aromatic rings. The van der Waals surface area contributed by atoms with Gasteiger partial charge in [-0.15, -0.1) is 0 Å². The smallest absolute Gasteiger partial charge is 0.395 e. The fraction of sp³-hybridized carbons (Fsp3) is 0.417. The Kier molecular flexibility index (Phi) is 3.06. The molecular formula is C12H12F3NO2. The van der Waals surface area contributed by atoms with E-state index in [-0.39, 0.29) is 24.4 Å². The van der Waals surface area contributed by atoms with Crippen LogP contribution in [0.2, 0.25) is 0 Å². The maximum atomic E-state index is 12.9. The van der Waals surface area contributed by atoms with E-state index in [1.54, 1.807) is 0 Å². The fourth-order valence-corrected chi connectivity index (χ4v) is 2.28. The Balaban J connectivity index is 2.53. The SMILES string of the molecule is O=C1CC(CO)(c2ccccc2C(F)(F)F)CN1. The molecule has 3 nitrogen and oxygen atoms in total. The van der Waals surface area contributed by atoms with Gasteiger partial charge in [-0.25, -0.2) is 0 Å². The zero-order valence-corrected chi connectivity index (χ0v) is 9.42. The van der Waals surface area contributed by atoms with E-state index < -0.39 is 23.8 Å². The monoisotopic (exact) mass is 259 g/mol. The lowest BCUT2D eigenvalue weighted by Crippen LogP contribution is -2.35. The average Bonchev–Trinajstić information content (AvgIpc) is 2.71. The molecule has 0 saturated carbocycles. The quantitative estimate of drug-likeness (QED) is 0.844. The number of alkyl halides is 3. The van der Waals surface area contributed by atoms with Gasteiger partial charge in [0.1, 0.15) is 0 Å². The second-order valence-corrected chi connectivity index (χ2v) is 4.44. The molecular weight excluding hydrogens is 247 g/mol. The van der Waals surface area contributed by atoms with Crippen LogP contribution >= 0.6 is 0 Å². The summed E-state index contributed by atoms with van der Waals surface area (Å²) in [7, 11) is 0. The maximum Gasteiger partial charge on any atom is 0.416 e. The molecule has 98 valence electrons. The Hall–Kier alpha value is -1.56. The van der Waals surface area contributed by atoms with Crippen LogP contribution in [0.4, 0.5) is 13.2 Å². The number of hydrogen-bond donors (Lipinski definition) is 2. The summed E-state index contributed by atoms with van der Waals surface area (Å²) in [4.78, 5) is 11.2. The third-order valence-corrected chi connectivity index (χ3v) is 3.23. The van der Waals surface area contributed by atoms with E-state index in [0.717, 1.165) is 6.07 Å². The molecule has 1 aliphatic heterocycles. The van der Waals surface area contributed by atoms with Crippen LogP contribution in [-0.4, -0.2) is 24.2 Å². The van der Waals surface area contributed by atoms with Gasteiger partial charge < -0.3 is 10.4 Å². The summed E-state index contributed by atoms with van der Waals surface area (Å²) in [5.41, 5.74) is -2.00. The Morgan fingerprint density at radius 3 is 2.50 bits per heavy atom. The first-order chi connectivity index (χ1) is 8.39. The molecule has 1 unspecified atom stereocenters. The van der Waals surface area contributed by atoms with E-state index in [4.69, 9.17) is 0 Å². The zero-order valence-electron chi connectivity index (χ0n) is 9.42. The number of rotatable bonds is 2. The Bertz CT molecular complexity index is 473. The highest BCUT2D eigenvalue weighted by Crippen LogP contribution is 2.40. The minimum Gasteiger partial charge on any atom is -0.395 e. The molecule has 0 aliphatic carbocycles. The van der Waals surface area contributed by atoms with Crippen molar-refractivity contribution in [1.29, 1.82) is 0 Å². The largest absolute Gasteiger partial charge is 0.416 e. The molecule has 0 bridgehead atoms. The summed E-state index contributed by atoms with van der Waals surface area (Å²) >= 11 is 0. The van der Waals surface area contributed by atoms with Gasteiger partial charge in [-0.2, -0.15) is 13.2 Å². The van der Waals surface area contributed by atoms with Gasteiger partial charge in [0.25, 0.3) is 0 Å². The van der Waals surface area contributed by atoms with E-state index in [2.05, 4.69) is 5.32 Å². The molecule has 1 saturated heterocycles. The van der Waals surface area contributed by atoms with Gasteiger partial charge >= 0.3 is 6.18 Å². The van der Waals surface area contributed by atoms with Crippen LogP contribution in [0.5, 0.6) is 0 Å². The van der Waals surface area contributed by atoms with Crippen LogP contribution in [0, 0.1) is 0 Å². The van der Waals surface area contributed by atoms with Crippen LogP contribution in [-0.2, 0) is 16.4 Å². The molecule has 1 amide bonds. The summed E-state index contributed by atoms with van der Waals surface area (Å²) in [6, 6.07) is 5.06. The molecule has 1 fully saturated rings. The molecule has 1 heterocycles. The van der Waals surface area contributed by atoms with Crippen molar-refractivity contribution in [3.8, 4) is 0 Å². The average molecular weight is 259 g/mol. The normalized spacial score (nSPS) is 24.1. The van der Waals surface area contributed by atoms with Crippen LogP contribution in [0.15, 0.2) is 24.3 Å². The van der Waals surface area contributed by atoms with Crippen molar-refractivity contribution < 1.29 is 23.1 Å². The van der Waals surface area contributed by atoms with Crippen molar-refractivity contribution in [3.05, 3.63) is 35.4 Å². The van der Waals surface area contributed by atoms with E-state index in [1.807, 2.05) is 0 Å². The van der Waals surface area contributed by atoms with E-state index in [9.17, 15) is 23.1 Å². The van der Waals surface area contributed by atoms with Crippen molar-refractivity contribution in [3.63, 3.8) is 0 Å². The minimum absolute atomic E-state index is 0.0232. The Morgan fingerprint density at radius 1 is 1.33 bits per heavy atom. The molecule has 1 aromatic carbocycles. The minimum atomic E-state index is -4.50. The molecule has 2 rings (SSSR count). The van der Waals surface area contributed by atoms with Crippen molar-refractivity contribution >= 4 is 5.91 Å². The highest BCUT2D eigenvalue weighted by atomic mass is 19.4. The number of carbonyl (C=O) groups is 1. The summed E-state index contributed by atoms with van der Waals surface area (Å²) < 4.78 is 38.8. The highest BCUT2D eigenvalue weighted by Gasteiger charge is 2.45. The second-order valence-electron chi connectivity index (χ2n) is 4.44. The molecule has 0 radical (unpaired) electrons. The molecule has 1 aliphatic rings. The van der Waals surface area contributed by atoms with Gasteiger partial charge in [0.15, 0.2) is 0 Å². The first-order valence-electron chi connectivity index (χ1n) is 5.43. The number of halogens is 3. The van der Waals surface area contributed by atoms with Crippen LogP contribution in [0.3, 0.4) is 0 Å². The molecule has 1 atom stereocenters. The number of amides is 1. The topological polar surface area (TPSA) is 49.3 Å². The summed E-state index contributed by atoms with van der Waals surface area (Å²) in [5, 5.41) is 11.9. The zero-order chi connectivity index (χ0) is 13.4. The predicted octanol–water partition coefficient (Wildman–Crippen LogP) is 1.46. The van der Waals surface area contributed by atoms with Crippen molar-refractivity contribution in [2.75, 3.05) is 13.2 Å². The number of hydrogen-bond acceptors (Lipinski definition) is 2. The highest BCUT2D eigenvalue weighted by molar-refractivity contribution is 5.81. The molecule has 18 heavy (non-hydrogen) atoms. The lowest BCUT2D eigenvalue weighted by molar-refractivity contribution is -0.139. The van der Waals surface area contributed by atoms with Gasteiger partial charge in [0.2, 0.25) is 5.91 Å². The third kappa shape index (κ3) is 2.08. The molecule has 2 N–H and O–H groups in total. The molecule has 6 heteroatoms. The molecule has 0 aromatic heterocycles. The predicted molar refractivity (Wildman–Crippen MR) is 57.8 cm³/mol. The lowest BCUT2D eigenvalue weighted by Gasteiger charge is -2.28. The van der Waals surface area contributed by atoms with Crippen LogP contribution in [0.25, 0.3) is 0 Å². The van der Waals surface area contributed by atoms with Gasteiger partial charge in [-0.05, 0) is 11.6 Å². The summed E-state index contributed by atoms with van der Waals surface area (Å²) in [5.74, 6) is -0.346. The van der Waals surface area contributed by atoms with E-state index in [0.29, 0.717) is 0 Å². The van der Waals surface area contributed by atoms with Gasteiger partial charge in [-0.1, -0.05) is 18.2 Å². The fourth-order valence-electron chi connectivity index (χ4n) is 2.28. The third-order valence-electron chi connectivity index (χ3n) is 3.23. The number of carbonyl (C=O) groups excluding carboxylic acids is 1. The number of aliphatic hydroxyl groups excluding tert-OH is 1. The van der Waals surface area contributed by atoms with Crippen molar-refractivity contribution in [2.45, 2.75) is 18.0 Å². The van der Waals surface area contributed by atoms with E-state index >= 15 is 0 Å². The second kappa shape index (κ2) is 4.28. The molecule has 0 spiro atoms. The Labute approximate surface area is 102 Å². The maximum absolute atomic E-state index is 12.9. The van der Waals surface area contributed by atoms with Gasteiger partial charge in [-0.3, -0.25) is 4.79 Å². The van der Waals surface area contributed by atoms with Crippen molar-refractivity contribution in [2.24, 2.45) is 0 Å². The van der Waals surface area contributed by atoms with Crippen molar-refractivity contribution in [1.82, 2.24) is 5.32 Å². The lowest BCUT2D eigenvalue weighted by atomic mass is 9.78. The van der Waals surface area contributed by atoms with Gasteiger partial charge in [0.05, 0.1) is 12.2 Å². The number of benzene rings is 1.